The summed E-state index contributed by atoms with van der Waals surface area (Å²) in [6.07, 6.45) is 1.63. The van der Waals surface area contributed by atoms with Gasteiger partial charge in [0.1, 0.15) is 0 Å². The summed E-state index contributed by atoms with van der Waals surface area (Å²) in [6, 6.07) is 11.0. The van der Waals surface area contributed by atoms with Crippen molar-refractivity contribution in [2.24, 2.45) is 0 Å². The molecule has 3 rings (SSSR count). The number of anilines is 1. The Morgan fingerprint density at radius 3 is 2.79 bits per heavy atom. The number of aromatic nitrogens is 2. The average Bonchev–Trinajstić information content (AvgIpc) is 2.77. The molecule has 3 aromatic rings. The van der Waals surface area contributed by atoms with E-state index in [0.29, 0.717) is 40.7 Å². The number of ether oxygens (including phenoxy) is 1. The Morgan fingerprint density at radius 2 is 2.06 bits per heavy atom. The highest BCUT2D eigenvalue weighted by atomic mass is 35.5. The highest BCUT2D eigenvalue weighted by Crippen LogP contribution is 2.24. The molecule has 2 aromatic carbocycles. The molecule has 0 radical (unpaired) electrons. The van der Waals surface area contributed by atoms with Gasteiger partial charge in [0.25, 0.3) is 5.56 Å². The fourth-order valence-electron chi connectivity index (χ4n) is 3.53. The monoisotopic (exact) mass is 487 g/mol. The second-order valence-corrected chi connectivity index (χ2v) is 9.46. The molecule has 0 saturated carbocycles. The van der Waals surface area contributed by atoms with Gasteiger partial charge in [0, 0.05) is 23.9 Å². The normalized spacial score (nSPS) is 11.3. The minimum Gasteiger partial charge on any atom is -0.379 e. The number of hydrogen-bond acceptors (Lipinski definition) is 5. The predicted octanol–water partition coefficient (Wildman–Crippen LogP) is 5.47. The zero-order chi connectivity index (χ0) is 24.0. The maximum absolute atomic E-state index is 13.2. The van der Waals surface area contributed by atoms with Gasteiger partial charge in [-0.15, -0.1) is 0 Å². The molecule has 0 saturated heterocycles. The third kappa shape index (κ3) is 6.59. The van der Waals surface area contributed by atoms with Crippen LogP contribution >= 0.6 is 23.4 Å². The average molecular weight is 488 g/mol. The van der Waals surface area contributed by atoms with Crippen molar-refractivity contribution in [3.05, 3.63) is 62.9 Å². The first kappa shape index (κ1) is 25.3. The van der Waals surface area contributed by atoms with Crippen LogP contribution in [-0.4, -0.2) is 33.9 Å². The van der Waals surface area contributed by atoms with Crippen molar-refractivity contribution in [3.63, 3.8) is 0 Å². The molecule has 0 aliphatic carbocycles. The van der Waals surface area contributed by atoms with E-state index in [0.717, 1.165) is 23.2 Å². The molecule has 33 heavy (non-hydrogen) atoms. The van der Waals surface area contributed by atoms with Gasteiger partial charge in [-0.3, -0.25) is 14.2 Å². The van der Waals surface area contributed by atoms with Gasteiger partial charge in [0.2, 0.25) is 5.91 Å². The lowest BCUT2D eigenvalue weighted by atomic mass is 10.1. The van der Waals surface area contributed by atoms with Crippen LogP contribution in [0, 0.1) is 6.92 Å². The molecule has 1 amide bonds. The first-order chi connectivity index (χ1) is 15.8. The van der Waals surface area contributed by atoms with E-state index in [4.69, 9.17) is 16.3 Å². The maximum Gasteiger partial charge on any atom is 0.262 e. The molecular weight excluding hydrogens is 458 g/mol. The summed E-state index contributed by atoms with van der Waals surface area (Å²) in [5.41, 5.74) is 3.35. The van der Waals surface area contributed by atoms with Gasteiger partial charge in [-0.05, 0) is 62.9 Å². The van der Waals surface area contributed by atoms with Crippen molar-refractivity contribution < 1.29 is 9.53 Å². The van der Waals surface area contributed by atoms with Gasteiger partial charge >= 0.3 is 0 Å². The van der Waals surface area contributed by atoms with Crippen LogP contribution in [0.3, 0.4) is 0 Å². The Kier molecular flexibility index (Phi) is 8.95. The Labute approximate surface area is 203 Å². The first-order valence-corrected chi connectivity index (χ1v) is 12.5. The number of carbonyl (C=O) groups is 1. The second-order valence-electron chi connectivity index (χ2n) is 8.09. The van der Waals surface area contributed by atoms with E-state index in [1.807, 2.05) is 39.0 Å². The lowest BCUT2D eigenvalue weighted by molar-refractivity contribution is -0.113. The molecule has 176 valence electrons. The molecular formula is C25H30ClN3O3S. The molecule has 1 N–H and O–H groups in total. The van der Waals surface area contributed by atoms with E-state index in [9.17, 15) is 9.59 Å². The number of nitrogens with one attached hydrogen (secondary N) is 1. The van der Waals surface area contributed by atoms with Crippen LogP contribution in [0.15, 0.2) is 46.3 Å². The summed E-state index contributed by atoms with van der Waals surface area (Å²) in [4.78, 5) is 30.6. The Morgan fingerprint density at radius 1 is 1.27 bits per heavy atom. The first-order valence-electron chi connectivity index (χ1n) is 11.1. The number of benzene rings is 2. The second kappa shape index (κ2) is 11.7. The van der Waals surface area contributed by atoms with Crippen LogP contribution in [0.5, 0.6) is 0 Å². The standard InChI is InChI=1S/C25H30ClN3O3S/c1-5-18-9-6-8-17(4)23(18)28-22(30)15-33-25-27-21-14-19(26)10-11-20(21)24(31)29(25)12-7-13-32-16(2)3/h6,8-11,14,16H,5,7,12-13,15H2,1-4H3,(H,28,30). The summed E-state index contributed by atoms with van der Waals surface area (Å²) >= 11 is 7.37. The van der Waals surface area contributed by atoms with E-state index in [1.54, 1.807) is 22.8 Å². The van der Waals surface area contributed by atoms with E-state index >= 15 is 0 Å². The van der Waals surface area contributed by atoms with Crippen molar-refractivity contribution >= 4 is 45.9 Å². The number of amides is 1. The number of hydrogen-bond donors (Lipinski definition) is 1. The van der Waals surface area contributed by atoms with Crippen molar-refractivity contribution in [1.82, 2.24) is 9.55 Å². The summed E-state index contributed by atoms with van der Waals surface area (Å²) in [5.74, 6) is -0.00230. The Bertz CT molecular complexity index is 1190. The molecule has 8 heteroatoms. The molecule has 6 nitrogen and oxygen atoms in total. The maximum atomic E-state index is 13.2. The van der Waals surface area contributed by atoms with Crippen LogP contribution in [0.1, 0.15) is 38.3 Å². The van der Waals surface area contributed by atoms with Crippen molar-refractivity contribution in [3.8, 4) is 0 Å². The van der Waals surface area contributed by atoms with Crippen LogP contribution in [0.2, 0.25) is 5.02 Å². The van der Waals surface area contributed by atoms with E-state index in [1.165, 1.54) is 11.8 Å². The van der Waals surface area contributed by atoms with Crippen molar-refractivity contribution in [2.75, 3.05) is 17.7 Å². The SMILES string of the molecule is CCc1cccc(C)c1NC(=O)CSc1nc2cc(Cl)ccc2c(=O)n1CCCOC(C)C. The molecule has 0 unspecified atom stereocenters. The van der Waals surface area contributed by atoms with Gasteiger partial charge in [0.05, 0.1) is 22.8 Å². The number of aryl methyl sites for hydroxylation is 2. The third-order valence-corrected chi connectivity index (χ3v) is 6.41. The summed E-state index contributed by atoms with van der Waals surface area (Å²) < 4.78 is 7.25. The molecule has 0 fully saturated rings. The van der Waals surface area contributed by atoms with E-state index < -0.39 is 0 Å². The Hall–Kier alpha value is -2.35. The van der Waals surface area contributed by atoms with Gasteiger partial charge < -0.3 is 10.1 Å². The predicted molar refractivity (Wildman–Crippen MR) is 137 cm³/mol. The zero-order valence-electron chi connectivity index (χ0n) is 19.5. The number of nitrogens with zero attached hydrogens (tertiary/aromatic N) is 2. The number of fused-ring (bicyclic) bond motifs is 1. The molecule has 0 aliphatic rings. The minimum atomic E-state index is -0.142. The number of rotatable bonds is 10. The molecule has 1 heterocycles. The van der Waals surface area contributed by atoms with Gasteiger partial charge in [-0.2, -0.15) is 0 Å². The summed E-state index contributed by atoms with van der Waals surface area (Å²) in [5, 5.41) is 4.54. The largest absolute Gasteiger partial charge is 0.379 e. The topological polar surface area (TPSA) is 73.2 Å². The molecule has 0 atom stereocenters. The van der Waals surface area contributed by atoms with Crippen molar-refractivity contribution in [2.45, 2.75) is 58.3 Å². The summed E-state index contributed by atoms with van der Waals surface area (Å²) in [6.45, 7) is 9.00. The quantitative estimate of drug-likeness (QED) is 0.233. The van der Waals surface area contributed by atoms with Gasteiger partial charge in [-0.1, -0.05) is 48.5 Å². The van der Waals surface area contributed by atoms with Crippen molar-refractivity contribution in [1.29, 1.82) is 0 Å². The number of carbonyl (C=O) groups excluding carboxylic acids is 1. The molecule has 1 aromatic heterocycles. The fourth-order valence-corrected chi connectivity index (χ4v) is 4.52. The third-order valence-electron chi connectivity index (χ3n) is 5.20. The highest BCUT2D eigenvalue weighted by Gasteiger charge is 2.15. The van der Waals surface area contributed by atoms with Gasteiger partial charge in [-0.25, -0.2) is 4.98 Å². The number of halogens is 1. The lowest BCUT2D eigenvalue weighted by Crippen LogP contribution is -2.25. The van der Waals surface area contributed by atoms with Crippen LogP contribution < -0.4 is 10.9 Å². The number of para-hydroxylation sites is 1. The molecule has 0 spiro atoms. The molecule has 0 aliphatic heterocycles. The van der Waals surface area contributed by atoms with E-state index in [2.05, 4.69) is 17.2 Å². The molecule has 0 bridgehead atoms. The Balaban J connectivity index is 1.82. The fraction of sp³-hybridized carbons (Fsp3) is 0.400. The van der Waals surface area contributed by atoms with E-state index in [-0.39, 0.29) is 23.3 Å². The smallest absolute Gasteiger partial charge is 0.262 e. The van der Waals surface area contributed by atoms with Crippen LogP contribution in [0.4, 0.5) is 5.69 Å². The minimum absolute atomic E-state index is 0.130. The number of thioether (sulfide) groups is 1. The van der Waals surface area contributed by atoms with Gasteiger partial charge in [0.15, 0.2) is 5.16 Å². The highest BCUT2D eigenvalue weighted by molar-refractivity contribution is 7.99. The summed E-state index contributed by atoms with van der Waals surface area (Å²) in [7, 11) is 0. The lowest BCUT2D eigenvalue weighted by Gasteiger charge is -2.15. The zero-order valence-corrected chi connectivity index (χ0v) is 21.1. The van der Waals surface area contributed by atoms with Crippen LogP contribution in [0.25, 0.3) is 10.9 Å². The van der Waals surface area contributed by atoms with Crippen LogP contribution in [-0.2, 0) is 22.5 Å².